The monoisotopic (exact) mass is 240 g/mol. The summed E-state index contributed by atoms with van der Waals surface area (Å²) < 4.78 is 5.79. The Morgan fingerprint density at radius 2 is 2.00 bits per heavy atom. The van der Waals surface area contributed by atoms with Gasteiger partial charge in [0.05, 0.1) is 6.54 Å². The Bertz CT molecular complexity index is 370. The molecule has 88 valence electrons. The van der Waals surface area contributed by atoms with Crippen molar-refractivity contribution in [1.82, 2.24) is 0 Å². The highest BCUT2D eigenvalue weighted by atomic mass is 35.5. The van der Waals surface area contributed by atoms with Crippen molar-refractivity contribution < 1.29 is 22.5 Å². The molecule has 4 heteroatoms. The van der Waals surface area contributed by atoms with Crippen molar-refractivity contribution in [3.8, 4) is 5.75 Å². The maximum Gasteiger partial charge on any atom is 0.233 e. The van der Waals surface area contributed by atoms with E-state index in [0.717, 1.165) is 24.7 Å². The Balaban J connectivity index is 0.00000128. The number of nitrogens with zero attached hydrogens (tertiary/aromatic N) is 1. The van der Waals surface area contributed by atoms with E-state index in [2.05, 4.69) is 42.4 Å². The van der Waals surface area contributed by atoms with Crippen molar-refractivity contribution in [2.75, 3.05) is 19.7 Å². The lowest BCUT2D eigenvalue weighted by molar-refractivity contribution is -0.530. The number of quaternary nitrogens is 1. The minimum Gasteiger partial charge on any atom is -1.00 e. The molecule has 0 amide bonds. The number of benzene rings is 1. The maximum absolute atomic E-state index is 5.79. The van der Waals surface area contributed by atoms with Gasteiger partial charge in [-0.25, -0.2) is 4.99 Å². The highest BCUT2D eigenvalue weighted by molar-refractivity contribution is 5.75. The lowest BCUT2D eigenvalue weighted by Crippen LogP contribution is -3.00. The van der Waals surface area contributed by atoms with Crippen LogP contribution in [0.25, 0.3) is 0 Å². The fourth-order valence-corrected chi connectivity index (χ4v) is 1.78. The van der Waals surface area contributed by atoms with E-state index >= 15 is 0 Å². The quantitative estimate of drug-likeness (QED) is 0.632. The fraction of sp³-hybridized carbons (Fsp3) is 0.417. The van der Waals surface area contributed by atoms with Crippen LogP contribution in [0.15, 0.2) is 23.2 Å². The molecule has 2 rings (SSSR count). The first-order valence-corrected chi connectivity index (χ1v) is 5.33. The molecule has 0 bridgehead atoms. The minimum absolute atomic E-state index is 0. The predicted molar refractivity (Wildman–Crippen MR) is 60.5 cm³/mol. The zero-order valence-corrected chi connectivity index (χ0v) is 10.4. The molecule has 0 spiro atoms. The third-order valence-corrected chi connectivity index (χ3v) is 2.60. The lowest BCUT2D eigenvalue weighted by atomic mass is 10.1. The zero-order valence-electron chi connectivity index (χ0n) is 9.66. The summed E-state index contributed by atoms with van der Waals surface area (Å²) in [7, 11) is 0. The van der Waals surface area contributed by atoms with Gasteiger partial charge < -0.3 is 17.1 Å². The number of halogens is 1. The van der Waals surface area contributed by atoms with Crippen LogP contribution >= 0.6 is 0 Å². The third kappa shape index (κ3) is 2.97. The molecule has 0 saturated heterocycles. The van der Waals surface area contributed by atoms with Crippen LogP contribution in [-0.4, -0.2) is 25.5 Å². The van der Waals surface area contributed by atoms with E-state index in [9.17, 15) is 0 Å². The van der Waals surface area contributed by atoms with Crippen molar-refractivity contribution >= 4 is 5.84 Å². The minimum atomic E-state index is 0. The number of rotatable bonds is 3. The first-order chi connectivity index (χ1) is 7.27. The van der Waals surface area contributed by atoms with Gasteiger partial charge in [0.1, 0.15) is 12.3 Å². The number of aliphatic imine (C=N–C) groups is 1. The molecule has 1 aromatic carbocycles. The largest absolute Gasteiger partial charge is 1.00 e. The fourth-order valence-electron chi connectivity index (χ4n) is 1.78. The average Bonchev–Trinajstić information content (AvgIpc) is 2.70. The molecular weight excluding hydrogens is 224 g/mol. The standard InChI is InChI=1S/C12H16N2O.ClH/c1-9-4-3-5-10(2)12(9)15-8-11-13-6-7-14-11;/h3-5H,6-8H2,1-2H3,(H,13,14);1H. The Morgan fingerprint density at radius 3 is 2.56 bits per heavy atom. The van der Waals surface area contributed by atoms with Crippen molar-refractivity contribution in [2.24, 2.45) is 4.99 Å². The molecular formula is C12H17ClN2O. The average molecular weight is 241 g/mol. The molecule has 1 aliphatic heterocycles. The molecule has 0 unspecified atom stereocenters. The van der Waals surface area contributed by atoms with E-state index in [0.29, 0.717) is 6.61 Å². The van der Waals surface area contributed by atoms with Crippen LogP contribution in [0.3, 0.4) is 0 Å². The van der Waals surface area contributed by atoms with Crippen LogP contribution in [0.1, 0.15) is 11.1 Å². The maximum atomic E-state index is 5.79. The van der Waals surface area contributed by atoms with Gasteiger partial charge in [-0.2, -0.15) is 0 Å². The van der Waals surface area contributed by atoms with E-state index in [1.807, 2.05) is 0 Å². The van der Waals surface area contributed by atoms with Gasteiger partial charge in [0.15, 0.2) is 6.61 Å². The summed E-state index contributed by atoms with van der Waals surface area (Å²) >= 11 is 0. The van der Waals surface area contributed by atoms with E-state index < -0.39 is 0 Å². The molecule has 16 heavy (non-hydrogen) atoms. The van der Waals surface area contributed by atoms with Crippen LogP contribution in [0.2, 0.25) is 0 Å². The summed E-state index contributed by atoms with van der Waals surface area (Å²) in [6, 6.07) is 6.20. The highest BCUT2D eigenvalue weighted by Crippen LogP contribution is 2.21. The van der Waals surface area contributed by atoms with Gasteiger partial charge >= 0.3 is 0 Å². The molecule has 0 saturated carbocycles. The number of para-hydroxylation sites is 1. The number of aryl methyl sites for hydroxylation is 2. The molecule has 2 N–H and O–H groups in total. The van der Waals surface area contributed by atoms with Gasteiger partial charge in [-0.3, -0.25) is 5.32 Å². The molecule has 0 atom stereocenters. The number of amidine groups is 1. The predicted octanol–water partition coefficient (Wildman–Crippen LogP) is -2.34. The van der Waals surface area contributed by atoms with E-state index in [1.54, 1.807) is 0 Å². The van der Waals surface area contributed by atoms with Gasteiger partial charge in [-0.1, -0.05) is 18.2 Å². The Hall–Kier alpha value is -1.06. The van der Waals surface area contributed by atoms with Crippen LogP contribution in [0, 0.1) is 13.8 Å². The second-order valence-corrected chi connectivity index (χ2v) is 3.88. The smallest absolute Gasteiger partial charge is 0.233 e. The summed E-state index contributed by atoms with van der Waals surface area (Å²) in [5, 5.41) is 2.15. The van der Waals surface area contributed by atoms with Crippen LogP contribution in [-0.2, 0) is 0 Å². The number of hydrogen-bond donors (Lipinski definition) is 1. The second-order valence-electron chi connectivity index (χ2n) is 3.88. The first-order valence-electron chi connectivity index (χ1n) is 5.33. The molecule has 0 radical (unpaired) electrons. The Morgan fingerprint density at radius 1 is 1.31 bits per heavy atom. The van der Waals surface area contributed by atoms with Crippen molar-refractivity contribution in [1.29, 1.82) is 0 Å². The van der Waals surface area contributed by atoms with Gasteiger partial charge in [-0.05, 0) is 25.0 Å². The summed E-state index contributed by atoms with van der Waals surface area (Å²) in [6.45, 7) is 6.73. The molecule has 3 nitrogen and oxygen atoms in total. The van der Waals surface area contributed by atoms with Gasteiger partial charge in [0.2, 0.25) is 5.84 Å². The first kappa shape index (κ1) is 13.0. The molecule has 0 aromatic heterocycles. The number of nitrogens with two attached hydrogens (primary N) is 1. The topological polar surface area (TPSA) is 38.2 Å². The summed E-state index contributed by atoms with van der Waals surface area (Å²) in [4.78, 5) is 4.35. The van der Waals surface area contributed by atoms with Crippen molar-refractivity contribution in [2.45, 2.75) is 13.8 Å². The zero-order chi connectivity index (χ0) is 10.7. The summed E-state index contributed by atoms with van der Waals surface area (Å²) in [6.07, 6.45) is 0. The molecule has 0 fully saturated rings. The SMILES string of the molecule is Cc1cccc(C)c1OCC1=NCC[NH2+]1.[Cl-]. The van der Waals surface area contributed by atoms with Crippen LogP contribution in [0.5, 0.6) is 5.75 Å². The summed E-state index contributed by atoms with van der Waals surface area (Å²) in [5.74, 6) is 2.08. The Kier molecular flexibility index (Phi) is 4.77. The number of ether oxygens (including phenoxy) is 1. The van der Waals surface area contributed by atoms with Crippen molar-refractivity contribution in [3.05, 3.63) is 29.3 Å². The number of hydrogen-bond acceptors (Lipinski definition) is 2. The normalized spacial score (nSPS) is 14.2. The third-order valence-electron chi connectivity index (χ3n) is 2.60. The molecule has 1 aromatic rings. The van der Waals surface area contributed by atoms with E-state index in [1.165, 1.54) is 11.1 Å². The van der Waals surface area contributed by atoms with Crippen LogP contribution < -0.4 is 22.5 Å². The van der Waals surface area contributed by atoms with Gasteiger partial charge in [0.25, 0.3) is 0 Å². The second kappa shape index (κ2) is 5.87. The molecule has 1 aliphatic rings. The van der Waals surface area contributed by atoms with E-state index in [4.69, 9.17) is 4.74 Å². The molecule has 0 aliphatic carbocycles. The Labute approximate surface area is 102 Å². The summed E-state index contributed by atoms with van der Waals surface area (Å²) in [5.41, 5.74) is 2.38. The molecule has 1 heterocycles. The van der Waals surface area contributed by atoms with E-state index in [-0.39, 0.29) is 12.4 Å². The van der Waals surface area contributed by atoms with Gasteiger partial charge in [-0.15, -0.1) is 0 Å². The lowest BCUT2D eigenvalue weighted by Gasteiger charge is -2.10. The van der Waals surface area contributed by atoms with Gasteiger partial charge in [0, 0.05) is 0 Å². The van der Waals surface area contributed by atoms with Crippen LogP contribution in [0.4, 0.5) is 0 Å². The highest BCUT2D eigenvalue weighted by Gasteiger charge is 2.12. The van der Waals surface area contributed by atoms with Crippen molar-refractivity contribution in [3.63, 3.8) is 0 Å².